The van der Waals surface area contributed by atoms with Gasteiger partial charge >= 0.3 is 0 Å². The lowest BCUT2D eigenvalue weighted by Gasteiger charge is -2.27. The topological polar surface area (TPSA) is 55.3 Å². The molecule has 1 fully saturated rings. The molecule has 17 heavy (non-hydrogen) atoms. The normalized spacial score (nSPS) is 15.9. The van der Waals surface area contributed by atoms with Crippen molar-refractivity contribution in [1.82, 2.24) is 9.97 Å². The first-order valence-electron chi connectivity index (χ1n) is 5.96. The molecule has 1 aliphatic heterocycles. The predicted octanol–water partition coefficient (Wildman–Crippen LogP) is 0.617. The number of nitrogens with zero attached hydrogens (tertiary/aromatic N) is 3. The van der Waals surface area contributed by atoms with Gasteiger partial charge < -0.3 is 14.4 Å². The van der Waals surface area contributed by atoms with Crippen molar-refractivity contribution in [3.05, 3.63) is 17.5 Å². The van der Waals surface area contributed by atoms with Crippen molar-refractivity contribution in [3.8, 4) is 0 Å². The van der Waals surface area contributed by atoms with Gasteiger partial charge in [0.1, 0.15) is 6.29 Å². The summed E-state index contributed by atoms with van der Waals surface area (Å²) in [5, 5.41) is 0. The molecule has 1 saturated heterocycles. The summed E-state index contributed by atoms with van der Waals surface area (Å²) >= 11 is 0. The number of ether oxygens (including phenoxy) is 1. The smallest absolute Gasteiger partial charge is 0.225 e. The molecule has 0 saturated carbocycles. The van der Waals surface area contributed by atoms with Crippen LogP contribution in [0, 0.1) is 0 Å². The van der Waals surface area contributed by atoms with Gasteiger partial charge in [-0.1, -0.05) is 6.92 Å². The van der Waals surface area contributed by atoms with Crippen LogP contribution in [0.2, 0.25) is 0 Å². The molecule has 5 heteroatoms. The van der Waals surface area contributed by atoms with E-state index in [4.69, 9.17) is 4.74 Å². The van der Waals surface area contributed by atoms with Gasteiger partial charge in [0.15, 0.2) is 0 Å². The van der Waals surface area contributed by atoms with Gasteiger partial charge in [0.25, 0.3) is 0 Å². The van der Waals surface area contributed by atoms with E-state index in [0.717, 1.165) is 56.2 Å². The Morgan fingerprint density at radius 2 is 2.24 bits per heavy atom. The van der Waals surface area contributed by atoms with E-state index in [-0.39, 0.29) is 0 Å². The third kappa shape index (κ3) is 2.79. The standard InChI is InChI=1S/C12H17N3O2/c1-2-11-10(3-6-16)9-13-12(14-11)15-4-7-17-8-5-15/h6,9H,2-5,7-8H2,1H3. The molecule has 1 aromatic heterocycles. The second kappa shape index (κ2) is 5.72. The quantitative estimate of drug-likeness (QED) is 0.716. The average molecular weight is 235 g/mol. The molecule has 0 bridgehead atoms. The zero-order chi connectivity index (χ0) is 12.1. The fourth-order valence-electron chi connectivity index (χ4n) is 1.91. The zero-order valence-electron chi connectivity index (χ0n) is 10.1. The molecule has 0 unspecified atom stereocenters. The van der Waals surface area contributed by atoms with E-state index in [2.05, 4.69) is 14.9 Å². The number of rotatable bonds is 4. The number of anilines is 1. The van der Waals surface area contributed by atoms with Crippen molar-refractivity contribution in [2.45, 2.75) is 19.8 Å². The predicted molar refractivity (Wildman–Crippen MR) is 64.2 cm³/mol. The number of morpholine rings is 1. The first-order chi connectivity index (χ1) is 8.35. The fraction of sp³-hybridized carbons (Fsp3) is 0.583. The summed E-state index contributed by atoms with van der Waals surface area (Å²) < 4.78 is 5.30. The third-order valence-electron chi connectivity index (χ3n) is 2.87. The zero-order valence-corrected chi connectivity index (χ0v) is 10.1. The monoisotopic (exact) mass is 235 g/mol. The number of hydrogen-bond donors (Lipinski definition) is 0. The number of aryl methyl sites for hydroxylation is 1. The lowest BCUT2D eigenvalue weighted by molar-refractivity contribution is -0.107. The van der Waals surface area contributed by atoms with Gasteiger partial charge in [-0.25, -0.2) is 9.97 Å². The Morgan fingerprint density at radius 1 is 1.47 bits per heavy atom. The molecule has 0 atom stereocenters. The summed E-state index contributed by atoms with van der Waals surface area (Å²) in [6.07, 6.45) is 3.88. The lowest BCUT2D eigenvalue weighted by Crippen LogP contribution is -2.37. The Bertz CT molecular complexity index is 389. The molecule has 2 rings (SSSR count). The van der Waals surface area contributed by atoms with Gasteiger partial charge in [-0.3, -0.25) is 0 Å². The van der Waals surface area contributed by atoms with Crippen LogP contribution in [0.25, 0.3) is 0 Å². The summed E-state index contributed by atoms with van der Waals surface area (Å²) in [6, 6.07) is 0. The molecule has 0 radical (unpaired) electrons. The highest BCUT2D eigenvalue weighted by Crippen LogP contribution is 2.14. The molecule has 0 aliphatic carbocycles. The summed E-state index contributed by atoms with van der Waals surface area (Å²) in [5.74, 6) is 0.750. The second-order valence-corrected chi connectivity index (χ2v) is 3.97. The summed E-state index contributed by atoms with van der Waals surface area (Å²) in [7, 11) is 0. The maximum Gasteiger partial charge on any atom is 0.225 e. The SMILES string of the molecule is CCc1nc(N2CCOCC2)ncc1CC=O. The van der Waals surface area contributed by atoms with Crippen molar-refractivity contribution in [1.29, 1.82) is 0 Å². The van der Waals surface area contributed by atoms with Crippen LogP contribution in [0.4, 0.5) is 5.95 Å². The molecule has 1 aliphatic rings. The number of aldehydes is 1. The second-order valence-electron chi connectivity index (χ2n) is 3.97. The molecule has 2 heterocycles. The van der Waals surface area contributed by atoms with Crippen LogP contribution < -0.4 is 4.90 Å². The number of carbonyl (C=O) groups excluding carboxylic acids is 1. The molecule has 92 valence electrons. The van der Waals surface area contributed by atoms with Crippen LogP contribution in [-0.2, 0) is 22.4 Å². The maximum absolute atomic E-state index is 10.5. The Labute approximate surface area is 101 Å². The van der Waals surface area contributed by atoms with Crippen molar-refractivity contribution in [3.63, 3.8) is 0 Å². The average Bonchev–Trinajstić information content (AvgIpc) is 2.40. The van der Waals surface area contributed by atoms with E-state index in [1.54, 1.807) is 6.20 Å². The summed E-state index contributed by atoms with van der Waals surface area (Å²) in [5.41, 5.74) is 1.90. The molecule has 5 nitrogen and oxygen atoms in total. The van der Waals surface area contributed by atoms with Gasteiger partial charge in [-0.05, 0) is 12.0 Å². The minimum absolute atomic E-state index is 0.395. The molecule has 0 spiro atoms. The lowest BCUT2D eigenvalue weighted by atomic mass is 10.1. The fourth-order valence-corrected chi connectivity index (χ4v) is 1.91. The molecule has 0 aromatic carbocycles. The van der Waals surface area contributed by atoms with Gasteiger partial charge in [-0.2, -0.15) is 0 Å². The van der Waals surface area contributed by atoms with Crippen LogP contribution in [0.1, 0.15) is 18.2 Å². The van der Waals surface area contributed by atoms with E-state index < -0.39 is 0 Å². The molecule has 0 N–H and O–H groups in total. The van der Waals surface area contributed by atoms with Crippen molar-refractivity contribution < 1.29 is 9.53 Å². The Balaban J connectivity index is 2.20. The Morgan fingerprint density at radius 3 is 2.88 bits per heavy atom. The number of carbonyl (C=O) groups is 1. The summed E-state index contributed by atoms with van der Waals surface area (Å²) in [6.45, 7) is 5.15. The molecule has 1 aromatic rings. The first kappa shape index (κ1) is 12.0. The van der Waals surface area contributed by atoms with Crippen LogP contribution in [-0.4, -0.2) is 42.6 Å². The highest BCUT2D eigenvalue weighted by Gasteiger charge is 2.15. The van der Waals surface area contributed by atoms with Gasteiger partial charge in [0, 0.05) is 31.4 Å². The highest BCUT2D eigenvalue weighted by atomic mass is 16.5. The van der Waals surface area contributed by atoms with Crippen LogP contribution >= 0.6 is 0 Å². The first-order valence-corrected chi connectivity index (χ1v) is 5.96. The van der Waals surface area contributed by atoms with Crippen LogP contribution in [0.5, 0.6) is 0 Å². The largest absolute Gasteiger partial charge is 0.378 e. The van der Waals surface area contributed by atoms with Crippen molar-refractivity contribution in [2.24, 2.45) is 0 Å². The minimum Gasteiger partial charge on any atom is -0.378 e. The van der Waals surface area contributed by atoms with Crippen molar-refractivity contribution in [2.75, 3.05) is 31.2 Å². The summed E-state index contributed by atoms with van der Waals surface area (Å²) in [4.78, 5) is 21.5. The molecular formula is C12H17N3O2. The van der Waals surface area contributed by atoms with Crippen LogP contribution in [0.15, 0.2) is 6.20 Å². The minimum atomic E-state index is 0.395. The van der Waals surface area contributed by atoms with E-state index in [1.165, 1.54) is 0 Å². The Hall–Kier alpha value is -1.49. The molecular weight excluding hydrogens is 218 g/mol. The van der Waals surface area contributed by atoms with E-state index in [9.17, 15) is 4.79 Å². The highest BCUT2D eigenvalue weighted by molar-refractivity contribution is 5.55. The van der Waals surface area contributed by atoms with Gasteiger partial charge in [0.05, 0.1) is 13.2 Å². The van der Waals surface area contributed by atoms with E-state index >= 15 is 0 Å². The van der Waals surface area contributed by atoms with E-state index in [1.807, 2.05) is 6.92 Å². The number of aromatic nitrogens is 2. The maximum atomic E-state index is 10.5. The van der Waals surface area contributed by atoms with Gasteiger partial charge in [-0.15, -0.1) is 0 Å². The number of hydrogen-bond acceptors (Lipinski definition) is 5. The molecule has 0 amide bonds. The third-order valence-corrected chi connectivity index (χ3v) is 2.87. The van der Waals surface area contributed by atoms with Crippen molar-refractivity contribution >= 4 is 12.2 Å². The van der Waals surface area contributed by atoms with Crippen LogP contribution in [0.3, 0.4) is 0 Å². The van der Waals surface area contributed by atoms with Gasteiger partial charge in [0.2, 0.25) is 5.95 Å². The Kier molecular flexibility index (Phi) is 4.03. The van der Waals surface area contributed by atoms with E-state index in [0.29, 0.717) is 6.42 Å².